The molecule has 11 heteroatoms. The molecule has 0 saturated carbocycles. The minimum atomic E-state index is -1.43. The summed E-state index contributed by atoms with van der Waals surface area (Å²) in [5, 5.41) is 68.1. The largest absolute Gasteiger partial charge is 0.497 e. The second-order valence-electron chi connectivity index (χ2n) is 18.8. The fraction of sp³-hybridized carbons (Fsp3) is 0.276. The Morgan fingerprint density at radius 1 is 0.406 bits per heavy atom. The van der Waals surface area contributed by atoms with Crippen LogP contribution in [0, 0.1) is 10.8 Å². The quantitative estimate of drug-likeness (QED) is 0.0366. The van der Waals surface area contributed by atoms with E-state index in [9.17, 15) is 20.4 Å². The van der Waals surface area contributed by atoms with Gasteiger partial charge in [-0.3, -0.25) is 0 Å². The number of hydrogen-bond acceptors (Lipinski definition) is 7. The van der Waals surface area contributed by atoms with Crippen LogP contribution in [0.4, 0.5) is 0 Å². The Kier molecular flexibility index (Phi) is 24.7. The molecule has 374 valence electrons. The second-order valence-corrected chi connectivity index (χ2v) is 23.7. The third-order valence-corrected chi connectivity index (χ3v) is 17.3. The molecule has 4 unspecified atom stereocenters. The number of ether oxygens (including phenoxy) is 1. The van der Waals surface area contributed by atoms with Crippen molar-refractivity contribution >= 4 is 47.7 Å². The molecular weight excluding hydrogens is 998 g/mol. The summed E-state index contributed by atoms with van der Waals surface area (Å²) in [4.78, 5) is 0. The first-order chi connectivity index (χ1) is 32.0. The van der Waals surface area contributed by atoms with Crippen molar-refractivity contribution in [3.05, 3.63) is 211 Å². The number of rotatable bonds is 14. The molecule has 0 aliphatic carbocycles. The van der Waals surface area contributed by atoms with Crippen LogP contribution in [0.1, 0.15) is 89.6 Å². The summed E-state index contributed by atoms with van der Waals surface area (Å²) in [5.41, 5.74) is 1.76. The number of methoxy groups -OCH3 is 1. The number of aliphatic hydroxyl groups is 6. The maximum atomic E-state index is 11.0. The average Bonchev–Trinajstić information content (AvgIpc) is 3.33. The van der Waals surface area contributed by atoms with Crippen LogP contribution in [0.2, 0.25) is 0 Å². The van der Waals surface area contributed by atoms with Crippen molar-refractivity contribution in [2.75, 3.05) is 7.11 Å². The van der Waals surface area contributed by atoms with Crippen molar-refractivity contribution in [3.63, 3.8) is 0 Å². The molecule has 7 nitrogen and oxygen atoms in total. The summed E-state index contributed by atoms with van der Waals surface area (Å²) in [6.45, 7) is 12.0. The predicted octanol–water partition coefficient (Wildman–Crippen LogP) is 8.69. The summed E-state index contributed by atoms with van der Waals surface area (Å²) in [5.74, 6) is 0.621. The van der Waals surface area contributed by atoms with Gasteiger partial charge in [0.1, 0.15) is 37.6 Å². The van der Waals surface area contributed by atoms with Gasteiger partial charge in [0.05, 0.1) is 47.4 Å². The Labute approximate surface area is 434 Å². The fourth-order valence-corrected chi connectivity index (χ4v) is 13.2. The standard InChI is InChI=1S/2C25H29O2P.C8H10O3.2Cu/c2*1-25(2,3)24(27)18-22(26)21-16-10-11-17-23(21)28(19-12-6-4-7-13-19)20-14-8-5-9-15-20;1-11-7-4-2-3-6(5-7)8(9)10;;/h2*4-17,22,24,26-27H,18H2,1-3H3;2-5,8-10H,1H3;;/p+2. The molecule has 0 amide bonds. The maximum Gasteiger partial charge on any atom is 0.178 e. The van der Waals surface area contributed by atoms with E-state index in [4.69, 9.17) is 14.9 Å². The molecule has 69 heavy (non-hydrogen) atoms. The van der Waals surface area contributed by atoms with Crippen LogP contribution in [-0.4, -0.2) is 50.0 Å². The van der Waals surface area contributed by atoms with Gasteiger partial charge in [-0.15, -0.1) is 0 Å². The summed E-state index contributed by atoms with van der Waals surface area (Å²) in [7, 11) is -0.996. The average molecular weight is 1070 g/mol. The Bertz CT molecular complexity index is 2270. The van der Waals surface area contributed by atoms with Crippen LogP contribution < -0.4 is 36.6 Å². The molecule has 6 N–H and O–H groups in total. The van der Waals surface area contributed by atoms with Gasteiger partial charge in [-0.25, -0.2) is 0 Å². The van der Waals surface area contributed by atoms with E-state index >= 15 is 0 Å². The van der Waals surface area contributed by atoms with E-state index in [2.05, 4.69) is 109 Å². The minimum Gasteiger partial charge on any atom is -0.497 e. The van der Waals surface area contributed by atoms with Gasteiger partial charge in [0.25, 0.3) is 0 Å². The zero-order chi connectivity index (χ0) is 48.6. The second kappa shape index (κ2) is 28.7. The number of benzene rings is 7. The molecule has 0 spiro atoms. The van der Waals surface area contributed by atoms with Crippen LogP contribution in [0.5, 0.6) is 5.75 Å². The molecule has 7 rings (SSSR count). The van der Waals surface area contributed by atoms with Crippen molar-refractivity contribution in [1.29, 1.82) is 0 Å². The van der Waals surface area contributed by atoms with E-state index in [0.29, 0.717) is 24.2 Å². The summed E-state index contributed by atoms with van der Waals surface area (Å²) in [6, 6.07) is 65.1. The van der Waals surface area contributed by atoms with Gasteiger partial charge in [0.2, 0.25) is 0 Å². The maximum absolute atomic E-state index is 11.0. The van der Waals surface area contributed by atoms with Crippen LogP contribution >= 0.6 is 15.8 Å². The van der Waals surface area contributed by atoms with Gasteiger partial charge in [-0.05, 0) is 83.6 Å². The Balaban J connectivity index is 0.000000293. The minimum absolute atomic E-state index is 0. The molecule has 0 bridgehead atoms. The van der Waals surface area contributed by atoms with Gasteiger partial charge in [-0.2, -0.15) is 0 Å². The van der Waals surface area contributed by atoms with E-state index in [1.54, 1.807) is 24.3 Å². The molecule has 7 aromatic carbocycles. The predicted molar refractivity (Wildman–Crippen MR) is 283 cm³/mol. The normalized spacial score (nSPS) is 13.0. The summed E-state index contributed by atoms with van der Waals surface area (Å²) < 4.78 is 4.88. The van der Waals surface area contributed by atoms with Gasteiger partial charge >= 0.3 is 0 Å². The third kappa shape index (κ3) is 17.7. The topological polar surface area (TPSA) is 131 Å². The zero-order valence-electron chi connectivity index (χ0n) is 40.5. The van der Waals surface area contributed by atoms with E-state index < -0.39 is 46.5 Å². The SMILES string of the molecule is CC(C)(C)C(O)CC(O)c1ccccc1[PH+](c1ccccc1)c1ccccc1.CC(C)(C)C(O)CC(O)c1ccccc1[PH+](c1ccccc1)c1ccccc1.COc1cccc(C(O)O)c1.[Cu].[Cu]. The molecule has 7 aromatic rings. The van der Waals surface area contributed by atoms with Crippen molar-refractivity contribution in [3.8, 4) is 5.75 Å². The number of aliphatic hydroxyl groups excluding tert-OH is 5. The first kappa shape index (κ1) is 59.3. The molecule has 0 aliphatic heterocycles. The summed E-state index contributed by atoms with van der Waals surface area (Å²) >= 11 is 0. The van der Waals surface area contributed by atoms with Crippen molar-refractivity contribution in [2.45, 2.75) is 85.1 Å². The van der Waals surface area contributed by atoms with Crippen LogP contribution in [-0.2, 0) is 34.1 Å². The van der Waals surface area contributed by atoms with Gasteiger partial charge in [0, 0.05) is 63.7 Å². The van der Waals surface area contributed by atoms with Crippen LogP contribution in [0.3, 0.4) is 0 Å². The third-order valence-electron chi connectivity index (χ3n) is 11.7. The van der Waals surface area contributed by atoms with Gasteiger partial charge < -0.3 is 35.4 Å². The van der Waals surface area contributed by atoms with E-state index in [0.717, 1.165) is 11.1 Å². The molecule has 0 aromatic heterocycles. The van der Waals surface area contributed by atoms with Crippen molar-refractivity contribution in [1.82, 2.24) is 0 Å². The molecule has 2 radical (unpaired) electrons. The van der Waals surface area contributed by atoms with Gasteiger partial charge in [0.15, 0.2) is 6.29 Å². The van der Waals surface area contributed by atoms with Crippen LogP contribution in [0.25, 0.3) is 0 Å². The molecule has 0 heterocycles. The molecule has 0 aliphatic rings. The first-order valence-corrected chi connectivity index (χ1v) is 25.9. The zero-order valence-corrected chi connectivity index (χ0v) is 44.4. The van der Waals surface area contributed by atoms with Crippen molar-refractivity contribution in [2.24, 2.45) is 10.8 Å². The molecular formula is C58H70Cu2O7P2+2. The Morgan fingerprint density at radius 2 is 0.710 bits per heavy atom. The van der Waals surface area contributed by atoms with E-state index in [1.807, 2.05) is 102 Å². The molecule has 0 fully saturated rings. The fourth-order valence-electron chi connectivity index (χ4n) is 7.59. The van der Waals surface area contributed by atoms with Gasteiger partial charge in [-0.1, -0.05) is 163 Å². The van der Waals surface area contributed by atoms with E-state index in [-0.39, 0.29) is 45.0 Å². The number of hydrogen-bond donors (Lipinski definition) is 6. The Hall–Kier alpha value is -4.00. The summed E-state index contributed by atoms with van der Waals surface area (Å²) in [6.07, 6.45) is -3.29. The first-order valence-electron chi connectivity index (χ1n) is 22.9. The van der Waals surface area contributed by atoms with Crippen LogP contribution in [0.15, 0.2) is 194 Å². The smallest absolute Gasteiger partial charge is 0.178 e. The van der Waals surface area contributed by atoms with Crippen molar-refractivity contribution < 1.29 is 69.5 Å². The monoisotopic (exact) mass is 1070 g/mol. The molecule has 4 atom stereocenters. The van der Waals surface area contributed by atoms with E-state index in [1.165, 1.54) is 38.9 Å². The molecule has 0 saturated heterocycles. The Morgan fingerprint density at radius 3 is 1.00 bits per heavy atom.